The van der Waals surface area contributed by atoms with E-state index in [0.29, 0.717) is 13.2 Å². The van der Waals surface area contributed by atoms with Crippen molar-refractivity contribution in [2.75, 3.05) is 34.0 Å². The minimum atomic E-state index is -1.43. The smallest absolute Gasteiger partial charge is 0.187 e. The predicted octanol–water partition coefficient (Wildman–Crippen LogP) is -0.397. The van der Waals surface area contributed by atoms with Crippen molar-refractivity contribution in [3.05, 3.63) is 0 Å². The van der Waals surface area contributed by atoms with Crippen molar-refractivity contribution >= 4 is 8.32 Å². The topological polar surface area (TPSA) is 111 Å². The van der Waals surface area contributed by atoms with Crippen LogP contribution in [0.25, 0.3) is 0 Å². The number of rotatable bonds is 2. The molecule has 5 N–H and O–H groups in total. The van der Waals surface area contributed by atoms with Gasteiger partial charge in [-0.3, -0.25) is 0 Å². The van der Waals surface area contributed by atoms with Crippen LogP contribution in [0.4, 0.5) is 0 Å². The maximum absolute atomic E-state index is 7.00. The summed E-state index contributed by atoms with van der Waals surface area (Å²) in [6, 6.07) is 1.19. The molecule has 1 rings (SSSR count). The van der Waals surface area contributed by atoms with Gasteiger partial charge in [-0.25, -0.2) is 0 Å². The summed E-state index contributed by atoms with van der Waals surface area (Å²) in [6.45, 7) is 6.74. The molecule has 1 heterocycles. The molecule has 0 amide bonds. The molecule has 1 atom stereocenters. The molecule has 7 heteroatoms. The van der Waals surface area contributed by atoms with Gasteiger partial charge in [-0.15, -0.1) is 0 Å². The maximum Gasteiger partial charge on any atom is 0.187 e. The van der Waals surface area contributed by atoms with Gasteiger partial charge in [0.25, 0.3) is 0 Å². The molecule has 0 aromatic carbocycles. The average Bonchev–Trinajstić information content (AvgIpc) is 2.17. The van der Waals surface area contributed by atoms with E-state index >= 15 is 0 Å². The van der Waals surface area contributed by atoms with E-state index in [2.05, 4.69) is 13.1 Å². The molecule has 0 bridgehead atoms. The molecule has 0 saturated carbocycles. The monoisotopic (exact) mass is 272 g/mol. The normalized spacial score (nSPS) is 22.8. The molecule has 0 spiro atoms. The van der Waals surface area contributed by atoms with Crippen LogP contribution in [0.1, 0.15) is 6.42 Å². The van der Waals surface area contributed by atoms with Gasteiger partial charge in [0.05, 0.1) is 19.3 Å². The van der Waals surface area contributed by atoms with Crippen LogP contribution in [-0.4, -0.2) is 64.5 Å². The lowest BCUT2D eigenvalue weighted by molar-refractivity contribution is -0.00431. The highest BCUT2D eigenvalue weighted by molar-refractivity contribution is 6.71. The molecule has 0 radical (unpaired) electrons. The molecule has 1 unspecified atom stereocenters. The molecule has 0 aromatic heterocycles. The van der Waals surface area contributed by atoms with Crippen LogP contribution in [0.2, 0.25) is 19.1 Å². The Morgan fingerprint density at radius 3 is 2.41 bits per heavy atom. The molecular formula is C10H28O6Si. The number of hydrogen-bond acceptors (Lipinski definition) is 4. The standard InChI is InChI=1S/C9H20O3Si.CH4O.2H2O/c1-10-7-9-8-11-5-4-6-13(2,3)12-9;1-2;;/h9H,4-8H2,1-3H3;2H,1H3;2*1H2. The molecule has 1 aliphatic heterocycles. The quantitative estimate of drug-likeness (QED) is 0.689. The molecule has 17 heavy (non-hydrogen) atoms. The zero-order chi connectivity index (χ0) is 11.7. The fourth-order valence-electron chi connectivity index (χ4n) is 1.63. The number of aliphatic hydroxyl groups excluding tert-OH is 1. The number of aliphatic hydroxyl groups is 1. The maximum atomic E-state index is 7.00. The summed E-state index contributed by atoms with van der Waals surface area (Å²) in [6.07, 6.45) is 1.28. The van der Waals surface area contributed by atoms with Crippen LogP contribution in [-0.2, 0) is 13.9 Å². The zero-order valence-corrected chi connectivity index (χ0v) is 12.3. The Hall–Kier alpha value is -0.0231. The highest BCUT2D eigenvalue weighted by Crippen LogP contribution is 2.18. The van der Waals surface area contributed by atoms with Crippen LogP contribution < -0.4 is 0 Å². The minimum Gasteiger partial charge on any atom is -0.412 e. The van der Waals surface area contributed by atoms with Crippen LogP contribution >= 0.6 is 0 Å². The van der Waals surface area contributed by atoms with Gasteiger partial charge < -0.3 is 30.0 Å². The first kappa shape index (κ1) is 22.2. The first-order chi connectivity index (χ1) is 7.14. The fraction of sp³-hybridized carbons (Fsp3) is 1.00. The number of hydrogen-bond donors (Lipinski definition) is 1. The van der Waals surface area contributed by atoms with Gasteiger partial charge in [-0.1, -0.05) is 0 Å². The Balaban J connectivity index is -0.000000464. The minimum absolute atomic E-state index is 0. The molecule has 108 valence electrons. The largest absolute Gasteiger partial charge is 0.412 e. The van der Waals surface area contributed by atoms with Crippen molar-refractivity contribution in [1.82, 2.24) is 0 Å². The second kappa shape index (κ2) is 12.4. The van der Waals surface area contributed by atoms with E-state index in [1.54, 1.807) is 7.11 Å². The summed E-state index contributed by atoms with van der Waals surface area (Å²) in [4.78, 5) is 0. The summed E-state index contributed by atoms with van der Waals surface area (Å²) >= 11 is 0. The van der Waals surface area contributed by atoms with Crippen molar-refractivity contribution in [2.24, 2.45) is 0 Å². The Bertz CT molecular complexity index is 156. The summed E-state index contributed by atoms with van der Waals surface area (Å²) in [7, 11) is 1.27. The van der Waals surface area contributed by atoms with E-state index in [4.69, 9.17) is 19.0 Å². The van der Waals surface area contributed by atoms with E-state index in [9.17, 15) is 0 Å². The van der Waals surface area contributed by atoms with E-state index in [1.807, 2.05) is 0 Å². The Labute approximate surface area is 105 Å². The Morgan fingerprint density at radius 1 is 1.29 bits per heavy atom. The van der Waals surface area contributed by atoms with Crippen molar-refractivity contribution in [1.29, 1.82) is 0 Å². The SMILES string of the molecule is CO.COCC1COCCC[Si](C)(C)O1.O.O. The molecule has 6 nitrogen and oxygen atoms in total. The summed E-state index contributed by atoms with van der Waals surface area (Å²) in [5.74, 6) is 0. The fourth-order valence-corrected chi connectivity index (χ4v) is 3.78. The van der Waals surface area contributed by atoms with E-state index in [0.717, 1.165) is 20.1 Å². The van der Waals surface area contributed by atoms with Crippen molar-refractivity contribution in [3.63, 3.8) is 0 Å². The van der Waals surface area contributed by atoms with E-state index in [-0.39, 0.29) is 17.1 Å². The van der Waals surface area contributed by atoms with Crippen LogP contribution in [0.15, 0.2) is 0 Å². The van der Waals surface area contributed by atoms with E-state index in [1.165, 1.54) is 6.04 Å². The molecule has 1 saturated heterocycles. The first-order valence-corrected chi connectivity index (χ1v) is 8.45. The highest BCUT2D eigenvalue weighted by atomic mass is 28.4. The molecule has 0 aliphatic carbocycles. The second-order valence-electron chi connectivity index (χ2n) is 4.13. The molecule has 1 fully saturated rings. The van der Waals surface area contributed by atoms with Gasteiger partial charge in [0.2, 0.25) is 0 Å². The van der Waals surface area contributed by atoms with Gasteiger partial charge >= 0.3 is 0 Å². The number of methoxy groups -OCH3 is 1. The molecular weight excluding hydrogens is 244 g/mol. The zero-order valence-electron chi connectivity index (χ0n) is 11.3. The Kier molecular flexibility index (Phi) is 16.2. The summed E-state index contributed by atoms with van der Waals surface area (Å²) in [5.41, 5.74) is 0. The molecule has 1 aliphatic rings. The van der Waals surface area contributed by atoms with Gasteiger partial charge in [0.1, 0.15) is 0 Å². The van der Waals surface area contributed by atoms with Crippen LogP contribution in [0, 0.1) is 0 Å². The van der Waals surface area contributed by atoms with Gasteiger partial charge in [-0.05, 0) is 25.6 Å². The van der Waals surface area contributed by atoms with Crippen molar-refractivity contribution in [2.45, 2.75) is 31.7 Å². The van der Waals surface area contributed by atoms with Crippen molar-refractivity contribution in [3.8, 4) is 0 Å². The summed E-state index contributed by atoms with van der Waals surface area (Å²) < 4.78 is 16.5. The lowest BCUT2D eigenvalue weighted by Crippen LogP contribution is -2.41. The highest BCUT2D eigenvalue weighted by Gasteiger charge is 2.28. The molecule has 0 aromatic rings. The van der Waals surface area contributed by atoms with E-state index < -0.39 is 8.32 Å². The van der Waals surface area contributed by atoms with Crippen LogP contribution in [0.3, 0.4) is 0 Å². The van der Waals surface area contributed by atoms with Gasteiger partial charge in [0, 0.05) is 20.8 Å². The third-order valence-electron chi connectivity index (χ3n) is 2.21. The van der Waals surface area contributed by atoms with Gasteiger partial charge in [-0.2, -0.15) is 0 Å². The average molecular weight is 272 g/mol. The Morgan fingerprint density at radius 2 is 1.88 bits per heavy atom. The first-order valence-electron chi connectivity index (χ1n) is 5.33. The van der Waals surface area contributed by atoms with Gasteiger partial charge in [0.15, 0.2) is 8.32 Å². The third-order valence-corrected chi connectivity index (χ3v) is 4.74. The predicted molar refractivity (Wildman–Crippen MR) is 69.8 cm³/mol. The second-order valence-corrected chi connectivity index (χ2v) is 8.39. The van der Waals surface area contributed by atoms with Crippen molar-refractivity contribution < 1.29 is 30.0 Å². The third kappa shape index (κ3) is 10.8. The lowest BCUT2D eigenvalue weighted by Gasteiger charge is -2.31. The van der Waals surface area contributed by atoms with Crippen LogP contribution in [0.5, 0.6) is 0 Å². The summed E-state index contributed by atoms with van der Waals surface area (Å²) in [5, 5.41) is 7.00. The lowest BCUT2D eigenvalue weighted by atomic mass is 10.4. The number of ether oxygens (including phenoxy) is 2.